The molecule has 8 heavy (non-hydrogen) atoms. The highest BCUT2D eigenvalue weighted by atomic mass is 35.5. The van der Waals surface area contributed by atoms with E-state index in [1.807, 2.05) is 0 Å². The zero-order valence-corrected chi connectivity index (χ0v) is 5.50. The van der Waals surface area contributed by atoms with E-state index >= 15 is 0 Å². The second-order valence-corrected chi connectivity index (χ2v) is 2.20. The van der Waals surface area contributed by atoms with E-state index in [1.165, 1.54) is 0 Å². The predicted octanol–water partition coefficient (Wildman–Crippen LogP) is 2.26. The van der Waals surface area contributed by atoms with Crippen LogP contribution in [0.5, 0.6) is 0 Å². The lowest BCUT2D eigenvalue weighted by molar-refractivity contribution is 1.30. The number of halogens is 2. The van der Waals surface area contributed by atoms with Crippen molar-refractivity contribution in [3.63, 3.8) is 0 Å². The maximum atomic E-state index is 5.49. The van der Waals surface area contributed by atoms with Crippen LogP contribution in [0.15, 0.2) is 21.3 Å². The zero-order valence-electron chi connectivity index (χ0n) is 3.99. The molecule has 0 amide bonds. The summed E-state index contributed by atoms with van der Waals surface area (Å²) in [7, 11) is 0. The van der Waals surface area contributed by atoms with Crippen LogP contribution >= 0.6 is 23.2 Å². The normalized spacial score (nSPS) is 17.8. The van der Waals surface area contributed by atoms with Crippen LogP contribution in [-0.2, 0) is 0 Å². The molecule has 0 fully saturated rings. The Bertz CT molecular complexity index is 187. The minimum Gasteiger partial charge on any atom is -0.193 e. The molecule has 0 saturated carbocycles. The Morgan fingerprint density at radius 1 is 1.62 bits per heavy atom. The van der Waals surface area contributed by atoms with E-state index in [2.05, 4.69) is 10.9 Å². The van der Waals surface area contributed by atoms with Crippen molar-refractivity contribution in [2.75, 3.05) is 0 Å². The molecule has 0 atom stereocenters. The molecule has 0 saturated heterocycles. The van der Waals surface area contributed by atoms with Gasteiger partial charge in [-0.05, 0) is 6.08 Å². The first-order chi connectivity index (χ1) is 3.79. The smallest absolute Gasteiger partial charge is 0.135 e. The van der Waals surface area contributed by atoms with Crippen LogP contribution in [0.25, 0.3) is 0 Å². The van der Waals surface area contributed by atoms with Gasteiger partial charge < -0.3 is 0 Å². The third-order valence-corrected chi connectivity index (χ3v) is 1.21. The second kappa shape index (κ2) is 2.36. The van der Waals surface area contributed by atoms with Gasteiger partial charge in [-0.2, -0.15) is 4.99 Å². The molecule has 3 heteroatoms. The van der Waals surface area contributed by atoms with Crippen molar-refractivity contribution in [1.82, 2.24) is 0 Å². The van der Waals surface area contributed by atoms with Crippen molar-refractivity contribution in [3.05, 3.63) is 16.3 Å². The predicted molar refractivity (Wildman–Crippen MR) is 35.4 cm³/mol. The Morgan fingerprint density at radius 3 is 2.75 bits per heavy atom. The fourth-order valence-corrected chi connectivity index (χ4v) is 0.618. The summed E-state index contributed by atoms with van der Waals surface area (Å²) in [5.41, 5.74) is 0. The molecule has 0 aliphatic carbocycles. The summed E-state index contributed by atoms with van der Waals surface area (Å²) in [4.78, 5) is 3.62. The van der Waals surface area contributed by atoms with Gasteiger partial charge in [-0.1, -0.05) is 23.2 Å². The molecule has 0 radical (unpaired) electrons. The summed E-state index contributed by atoms with van der Waals surface area (Å²) in [6.07, 6.45) is 2.39. The van der Waals surface area contributed by atoms with Gasteiger partial charge in [0.2, 0.25) is 0 Å². The fourth-order valence-electron chi connectivity index (χ4n) is 0.379. The van der Waals surface area contributed by atoms with Crippen LogP contribution < -0.4 is 0 Å². The maximum Gasteiger partial charge on any atom is 0.135 e. The Labute approximate surface area is 57.3 Å². The van der Waals surface area contributed by atoms with Gasteiger partial charge in [0.25, 0.3) is 0 Å². The highest BCUT2D eigenvalue weighted by Crippen LogP contribution is 2.13. The quantitative estimate of drug-likeness (QED) is 0.467. The van der Waals surface area contributed by atoms with E-state index in [0.29, 0.717) is 16.6 Å². The Hall–Kier alpha value is -0.230. The molecule has 1 aliphatic heterocycles. The summed E-state index contributed by atoms with van der Waals surface area (Å²) in [6, 6.07) is 0. The topological polar surface area (TPSA) is 12.4 Å². The molecule has 1 aliphatic rings. The van der Waals surface area contributed by atoms with Gasteiger partial charge in [0.15, 0.2) is 0 Å². The van der Waals surface area contributed by atoms with Crippen molar-refractivity contribution >= 4 is 29.1 Å². The zero-order chi connectivity index (χ0) is 5.98. The van der Waals surface area contributed by atoms with Crippen LogP contribution in [0.1, 0.15) is 6.42 Å². The van der Waals surface area contributed by atoms with Crippen LogP contribution in [-0.4, -0.2) is 5.87 Å². The number of allylic oxidation sites excluding steroid dienone is 2. The SMILES string of the molecule is ClC1=C=NC(Cl)=CC1. The standard InChI is InChI=1S/C5H3Cl2N/c6-4-1-2-5(7)8-3-4/h2H,1H2. The van der Waals surface area contributed by atoms with Crippen LogP contribution in [0.4, 0.5) is 0 Å². The summed E-state index contributed by atoms with van der Waals surface area (Å²) in [6.45, 7) is 0. The van der Waals surface area contributed by atoms with E-state index in [-0.39, 0.29) is 0 Å². The molecule has 0 spiro atoms. The second-order valence-electron chi connectivity index (χ2n) is 1.36. The number of aliphatic imine (C=N–C) groups is 1. The van der Waals surface area contributed by atoms with E-state index in [9.17, 15) is 0 Å². The van der Waals surface area contributed by atoms with Crippen LogP contribution in [0.2, 0.25) is 0 Å². The van der Waals surface area contributed by atoms with E-state index in [4.69, 9.17) is 23.2 Å². The van der Waals surface area contributed by atoms with Gasteiger partial charge >= 0.3 is 0 Å². The average molecular weight is 148 g/mol. The molecule has 0 aromatic carbocycles. The molecule has 0 unspecified atom stereocenters. The molecule has 1 heterocycles. The highest BCUT2D eigenvalue weighted by molar-refractivity contribution is 6.35. The molecular formula is C5H3Cl2N. The first kappa shape index (κ1) is 5.90. The lowest BCUT2D eigenvalue weighted by atomic mass is 10.4. The molecule has 0 bridgehead atoms. The number of rotatable bonds is 0. The summed E-state index contributed by atoms with van der Waals surface area (Å²) in [5, 5.41) is 1.07. The van der Waals surface area contributed by atoms with Crippen molar-refractivity contribution in [2.24, 2.45) is 4.99 Å². The molecule has 1 rings (SSSR count). The number of hydrogen-bond acceptors (Lipinski definition) is 1. The summed E-state index contributed by atoms with van der Waals surface area (Å²) >= 11 is 10.9. The van der Waals surface area contributed by atoms with Crippen LogP contribution in [0, 0.1) is 0 Å². The minimum atomic E-state index is 0.467. The highest BCUT2D eigenvalue weighted by Gasteiger charge is 1.94. The first-order valence-corrected chi connectivity index (χ1v) is 2.88. The molecule has 0 aromatic heterocycles. The third kappa shape index (κ3) is 1.38. The van der Waals surface area contributed by atoms with E-state index in [0.717, 1.165) is 0 Å². The summed E-state index contributed by atoms with van der Waals surface area (Å²) < 4.78 is 0. The first-order valence-electron chi connectivity index (χ1n) is 2.13. The minimum absolute atomic E-state index is 0.467. The third-order valence-electron chi connectivity index (χ3n) is 0.734. The van der Waals surface area contributed by atoms with Crippen molar-refractivity contribution in [2.45, 2.75) is 6.42 Å². The van der Waals surface area contributed by atoms with Gasteiger partial charge in [-0.25, -0.2) is 0 Å². The van der Waals surface area contributed by atoms with Gasteiger partial charge in [-0.15, -0.1) is 0 Å². The summed E-state index contributed by atoms with van der Waals surface area (Å²) in [5.74, 6) is 2.54. The lowest BCUT2D eigenvalue weighted by Crippen LogP contribution is -1.77. The molecule has 42 valence electrons. The van der Waals surface area contributed by atoms with E-state index in [1.54, 1.807) is 6.08 Å². The molecular weight excluding hydrogens is 145 g/mol. The monoisotopic (exact) mass is 147 g/mol. The fraction of sp³-hybridized carbons (Fsp3) is 0.200. The van der Waals surface area contributed by atoms with Crippen molar-refractivity contribution in [3.8, 4) is 0 Å². The average Bonchev–Trinajstić information content (AvgIpc) is 1.77. The Balaban J connectivity index is 2.86. The molecule has 0 N–H and O–H groups in total. The molecule has 0 aromatic rings. The largest absolute Gasteiger partial charge is 0.193 e. The van der Waals surface area contributed by atoms with Gasteiger partial charge in [0.1, 0.15) is 5.16 Å². The van der Waals surface area contributed by atoms with Crippen molar-refractivity contribution < 1.29 is 0 Å². The van der Waals surface area contributed by atoms with E-state index < -0.39 is 0 Å². The molecule has 1 nitrogen and oxygen atoms in total. The van der Waals surface area contributed by atoms with Gasteiger partial charge in [0, 0.05) is 12.3 Å². The Morgan fingerprint density at radius 2 is 2.38 bits per heavy atom. The van der Waals surface area contributed by atoms with Crippen molar-refractivity contribution in [1.29, 1.82) is 0 Å². The lowest BCUT2D eigenvalue weighted by Gasteiger charge is -1.92. The Kier molecular flexibility index (Phi) is 1.74. The van der Waals surface area contributed by atoms with Crippen LogP contribution in [0.3, 0.4) is 0 Å². The number of hydrogen-bond donors (Lipinski definition) is 0. The van der Waals surface area contributed by atoms with Gasteiger partial charge in [0.05, 0.1) is 5.03 Å². The number of nitrogens with zero attached hydrogens (tertiary/aromatic N) is 1. The maximum absolute atomic E-state index is 5.49. The van der Waals surface area contributed by atoms with Gasteiger partial charge in [-0.3, -0.25) is 0 Å².